The van der Waals surface area contributed by atoms with E-state index in [0.717, 1.165) is 21.4 Å². The zero-order valence-corrected chi connectivity index (χ0v) is 13.3. The maximum absolute atomic E-state index is 12.4. The van der Waals surface area contributed by atoms with E-state index in [2.05, 4.69) is 36.5 Å². The quantitative estimate of drug-likeness (QED) is 0.795. The molecule has 0 aliphatic carbocycles. The van der Waals surface area contributed by atoms with E-state index < -0.39 is 0 Å². The first kappa shape index (κ1) is 14.3. The van der Waals surface area contributed by atoms with Crippen LogP contribution in [0.2, 0.25) is 0 Å². The van der Waals surface area contributed by atoms with Gasteiger partial charge in [0.2, 0.25) is 5.91 Å². The Bertz CT molecular complexity index is 637. The predicted molar refractivity (Wildman–Crippen MR) is 83.6 cm³/mol. The molecule has 21 heavy (non-hydrogen) atoms. The molecule has 0 radical (unpaired) electrons. The van der Waals surface area contributed by atoms with Crippen LogP contribution < -0.4 is 10.6 Å². The van der Waals surface area contributed by atoms with Gasteiger partial charge >= 0.3 is 0 Å². The number of carbonyl (C=O) groups is 1. The zero-order valence-electron chi connectivity index (χ0n) is 11.7. The Morgan fingerprint density at radius 3 is 2.95 bits per heavy atom. The number of aromatic amines is 1. The molecule has 0 saturated carbocycles. The molecule has 1 aromatic heterocycles. The third-order valence-electron chi connectivity index (χ3n) is 3.78. The molecule has 3 rings (SSSR count). The summed E-state index contributed by atoms with van der Waals surface area (Å²) >= 11 is 3.41. The van der Waals surface area contributed by atoms with Gasteiger partial charge in [-0.25, -0.2) is 4.98 Å². The van der Waals surface area contributed by atoms with Crippen LogP contribution in [0.15, 0.2) is 35.1 Å². The van der Waals surface area contributed by atoms with Gasteiger partial charge in [-0.2, -0.15) is 0 Å². The predicted octanol–water partition coefficient (Wildman–Crippen LogP) is 2.06. The van der Waals surface area contributed by atoms with Crippen LogP contribution in [0.1, 0.15) is 29.9 Å². The molecular formula is C15H17BrN4O. The molecule has 1 aliphatic heterocycles. The van der Waals surface area contributed by atoms with Crippen molar-refractivity contribution in [3.05, 3.63) is 52.0 Å². The molecule has 0 fully saturated rings. The highest BCUT2D eigenvalue weighted by molar-refractivity contribution is 9.10. The van der Waals surface area contributed by atoms with E-state index in [1.54, 1.807) is 6.33 Å². The monoisotopic (exact) mass is 348 g/mol. The van der Waals surface area contributed by atoms with Crippen LogP contribution in [0.25, 0.3) is 0 Å². The number of fused-ring (bicyclic) bond motifs is 1. The fraction of sp³-hybridized carbons (Fsp3) is 0.333. The molecule has 2 unspecified atom stereocenters. The molecule has 110 valence electrons. The Kier molecular flexibility index (Phi) is 4.07. The maximum Gasteiger partial charge on any atom is 0.238 e. The normalized spacial score (nSPS) is 18.9. The summed E-state index contributed by atoms with van der Waals surface area (Å²) in [5, 5.41) is 6.29. The number of nitrogens with zero attached hydrogens (tertiary/aromatic N) is 1. The van der Waals surface area contributed by atoms with Crippen molar-refractivity contribution in [1.29, 1.82) is 0 Å². The number of benzene rings is 1. The van der Waals surface area contributed by atoms with Crippen molar-refractivity contribution in [2.24, 2.45) is 0 Å². The van der Waals surface area contributed by atoms with Crippen LogP contribution in [0.5, 0.6) is 0 Å². The fourth-order valence-electron chi connectivity index (χ4n) is 2.50. The number of hydrogen-bond donors (Lipinski definition) is 3. The van der Waals surface area contributed by atoms with Crippen molar-refractivity contribution in [3.8, 4) is 0 Å². The Labute approximate surface area is 131 Å². The van der Waals surface area contributed by atoms with Gasteiger partial charge in [0.1, 0.15) is 0 Å². The first-order valence-corrected chi connectivity index (χ1v) is 7.73. The summed E-state index contributed by atoms with van der Waals surface area (Å²) in [7, 11) is 0. The Hall–Kier alpha value is -1.66. The molecule has 0 spiro atoms. The van der Waals surface area contributed by atoms with E-state index in [9.17, 15) is 4.79 Å². The maximum atomic E-state index is 12.4. The Morgan fingerprint density at radius 2 is 2.19 bits per heavy atom. The van der Waals surface area contributed by atoms with Crippen molar-refractivity contribution in [1.82, 2.24) is 20.6 Å². The molecule has 0 saturated heterocycles. The van der Waals surface area contributed by atoms with Gasteiger partial charge < -0.3 is 10.3 Å². The molecule has 3 N–H and O–H groups in total. The first-order valence-electron chi connectivity index (χ1n) is 6.94. The molecular weight excluding hydrogens is 332 g/mol. The average molecular weight is 349 g/mol. The lowest BCUT2D eigenvalue weighted by atomic mass is 10.0. The van der Waals surface area contributed by atoms with Gasteiger partial charge in [0.15, 0.2) is 0 Å². The van der Waals surface area contributed by atoms with Crippen LogP contribution in [0.3, 0.4) is 0 Å². The Balaban J connectivity index is 1.63. The van der Waals surface area contributed by atoms with Gasteiger partial charge in [0, 0.05) is 17.4 Å². The summed E-state index contributed by atoms with van der Waals surface area (Å²) in [6.45, 7) is 2.64. The minimum absolute atomic E-state index is 0.0130. The lowest BCUT2D eigenvalue weighted by Gasteiger charge is -2.24. The van der Waals surface area contributed by atoms with Gasteiger partial charge in [-0.15, -0.1) is 0 Å². The second kappa shape index (κ2) is 5.99. The SMILES string of the molecule is CC(NC(=O)C1Cc2nc[nH]c2CN1)c1ccc(Br)cc1. The van der Waals surface area contributed by atoms with Gasteiger partial charge in [0.25, 0.3) is 0 Å². The van der Waals surface area contributed by atoms with Crippen LogP contribution in [0, 0.1) is 0 Å². The van der Waals surface area contributed by atoms with Gasteiger partial charge in [-0.05, 0) is 24.6 Å². The van der Waals surface area contributed by atoms with Crippen LogP contribution in [-0.2, 0) is 17.8 Å². The minimum atomic E-state index is -0.223. The third kappa shape index (κ3) is 3.16. The van der Waals surface area contributed by atoms with Crippen molar-refractivity contribution >= 4 is 21.8 Å². The molecule has 0 bridgehead atoms. The molecule has 2 heterocycles. The number of carbonyl (C=O) groups excluding carboxylic acids is 1. The number of halogens is 1. The van der Waals surface area contributed by atoms with Crippen molar-refractivity contribution < 1.29 is 4.79 Å². The largest absolute Gasteiger partial charge is 0.348 e. The van der Waals surface area contributed by atoms with E-state index in [4.69, 9.17) is 0 Å². The molecule has 1 aromatic carbocycles. The van der Waals surface area contributed by atoms with E-state index in [1.807, 2.05) is 31.2 Å². The smallest absolute Gasteiger partial charge is 0.238 e. The summed E-state index contributed by atoms with van der Waals surface area (Å²) in [4.78, 5) is 19.7. The molecule has 1 amide bonds. The third-order valence-corrected chi connectivity index (χ3v) is 4.30. The zero-order chi connectivity index (χ0) is 14.8. The molecule has 2 atom stereocenters. The van der Waals surface area contributed by atoms with Gasteiger partial charge in [-0.1, -0.05) is 28.1 Å². The van der Waals surface area contributed by atoms with E-state index in [1.165, 1.54) is 0 Å². The summed E-state index contributed by atoms with van der Waals surface area (Å²) < 4.78 is 1.03. The van der Waals surface area contributed by atoms with Crippen molar-refractivity contribution in [2.45, 2.75) is 32.0 Å². The minimum Gasteiger partial charge on any atom is -0.348 e. The summed E-state index contributed by atoms with van der Waals surface area (Å²) in [6.07, 6.45) is 2.30. The number of rotatable bonds is 3. The second-order valence-corrected chi connectivity index (χ2v) is 6.16. The summed E-state index contributed by atoms with van der Waals surface area (Å²) in [6, 6.07) is 7.73. The number of nitrogens with one attached hydrogen (secondary N) is 3. The average Bonchev–Trinajstić information content (AvgIpc) is 2.95. The standard InChI is InChI=1S/C15H17BrN4O/c1-9(10-2-4-11(16)5-3-10)20-15(21)13-6-12-14(7-17-13)19-8-18-12/h2-5,8-9,13,17H,6-7H2,1H3,(H,18,19)(H,20,21). The fourth-order valence-corrected chi connectivity index (χ4v) is 2.77. The van der Waals surface area contributed by atoms with Gasteiger partial charge in [-0.3, -0.25) is 10.1 Å². The molecule has 6 heteroatoms. The lowest BCUT2D eigenvalue weighted by molar-refractivity contribution is -0.124. The number of hydrogen-bond acceptors (Lipinski definition) is 3. The van der Waals surface area contributed by atoms with E-state index in [-0.39, 0.29) is 18.0 Å². The highest BCUT2D eigenvalue weighted by Crippen LogP contribution is 2.17. The van der Waals surface area contributed by atoms with Crippen molar-refractivity contribution in [3.63, 3.8) is 0 Å². The second-order valence-electron chi connectivity index (χ2n) is 5.25. The number of imidazole rings is 1. The summed E-state index contributed by atoms with van der Waals surface area (Å²) in [5.41, 5.74) is 3.13. The first-order chi connectivity index (χ1) is 10.1. The van der Waals surface area contributed by atoms with E-state index in [0.29, 0.717) is 13.0 Å². The van der Waals surface area contributed by atoms with Crippen LogP contribution in [0.4, 0.5) is 0 Å². The van der Waals surface area contributed by atoms with Crippen LogP contribution >= 0.6 is 15.9 Å². The van der Waals surface area contributed by atoms with E-state index >= 15 is 0 Å². The molecule has 1 aliphatic rings. The molecule has 2 aromatic rings. The topological polar surface area (TPSA) is 69.8 Å². The lowest BCUT2D eigenvalue weighted by Crippen LogP contribution is -2.48. The highest BCUT2D eigenvalue weighted by atomic mass is 79.9. The molecule has 5 nitrogen and oxygen atoms in total. The Morgan fingerprint density at radius 1 is 1.43 bits per heavy atom. The van der Waals surface area contributed by atoms with Gasteiger partial charge in [0.05, 0.1) is 29.8 Å². The number of aromatic nitrogens is 2. The number of amides is 1. The van der Waals surface area contributed by atoms with Crippen molar-refractivity contribution in [2.75, 3.05) is 0 Å². The van der Waals surface area contributed by atoms with Crippen LogP contribution in [-0.4, -0.2) is 21.9 Å². The number of H-pyrrole nitrogens is 1. The summed E-state index contributed by atoms with van der Waals surface area (Å²) in [5.74, 6) is 0.0130. The highest BCUT2D eigenvalue weighted by Gasteiger charge is 2.26.